The molecule has 1 aliphatic carbocycles. The monoisotopic (exact) mass is 525 g/mol. The van der Waals surface area contributed by atoms with Crippen molar-refractivity contribution in [3.63, 3.8) is 0 Å². The molecule has 11 heteroatoms. The summed E-state index contributed by atoms with van der Waals surface area (Å²) >= 11 is 0. The van der Waals surface area contributed by atoms with Crippen molar-refractivity contribution < 1.29 is 9.47 Å². The summed E-state index contributed by atoms with van der Waals surface area (Å²) in [5.74, 6) is 1.20. The van der Waals surface area contributed by atoms with Crippen LogP contribution in [0.5, 0.6) is 0 Å². The number of nitrogens with one attached hydrogen (secondary N) is 1. The Morgan fingerprint density at radius 1 is 0.872 bits per heavy atom. The number of benzene rings is 1. The molecular formula is C28H31N9O2. The van der Waals surface area contributed by atoms with Gasteiger partial charge in [0.2, 0.25) is 5.95 Å². The van der Waals surface area contributed by atoms with Crippen LogP contribution in [0.3, 0.4) is 0 Å². The van der Waals surface area contributed by atoms with E-state index >= 15 is 0 Å². The molecule has 1 N–H and O–H groups in total. The van der Waals surface area contributed by atoms with E-state index in [0.29, 0.717) is 31.5 Å². The predicted octanol–water partition coefficient (Wildman–Crippen LogP) is 3.74. The van der Waals surface area contributed by atoms with Crippen molar-refractivity contribution in [3.8, 4) is 33.6 Å². The second-order valence-corrected chi connectivity index (χ2v) is 9.51. The van der Waals surface area contributed by atoms with Crippen molar-refractivity contribution in [2.45, 2.75) is 25.9 Å². The van der Waals surface area contributed by atoms with E-state index in [9.17, 15) is 0 Å². The number of fused-ring (bicyclic) bond motifs is 3. The molecule has 39 heavy (non-hydrogen) atoms. The van der Waals surface area contributed by atoms with Gasteiger partial charge in [-0.15, -0.1) is 0 Å². The van der Waals surface area contributed by atoms with Crippen LogP contribution in [0, 0.1) is 0 Å². The highest BCUT2D eigenvalue weighted by atomic mass is 16.5. The molecule has 0 amide bonds. The standard InChI is InChI=1S/C28H31N9O2/c1-35-27(20-6-4-19(5-7-20)22-17-30-37(18-22)13-15-39-3)25-23(33-35)9-8-21-16-29-28(32-26(21)25)31-24-10-11-36(34-24)12-14-38-2/h4-7,10-11,16-18H,8-9,12-15H2,1-3H3,(H,29,31,32,34). The first-order valence-electron chi connectivity index (χ1n) is 13.0. The minimum absolute atomic E-state index is 0.509. The molecule has 0 unspecified atom stereocenters. The third kappa shape index (κ3) is 5.06. The van der Waals surface area contributed by atoms with Gasteiger partial charge in [0.25, 0.3) is 0 Å². The van der Waals surface area contributed by atoms with Crippen LogP contribution in [-0.4, -0.2) is 66.7 Å². The van der Waals surface area contributed by atoms with E-state index in [0.717, 1.165) is 64.3 Å². The van der Waals surface area contributed by atoms with Gasteiger partial charge in [-0.25, -0.2) is 9.97 Å². The van der Waals surface area contributed by atoms with Gasteiger partial charge in [0.15, 0.2) is 5.82 Å². The zero-order valence-corrected chi connectivity index (χ0v) is 22.3. The highest BCUT2D eigenvalue weighted by molar-refractivity contribution is 5.85. The van der Waals surface area contributed by atoms with Crippen LogP contribution in [0.25, 0.3) is 33.6 Å². The number of hydrogen-bond acceptors (Lipinski definition) is 8. The number of methoxy groups -OCH3 is 2. The molecule has 0 atom stereocenters. The summed E-state index contributed by atoms with van der Waals surface area (Å²) in [6, 6.07) is 10.4. The number of rotatable bonds is 10. The summed E-state index contributed by atoms with van der Waals surface area (Å²) < 4.78 is 16.0. The molecule has 6 rings (SSSR count). The molecule has 0 aliphatic heterocycles. The van der Waals surface area contributed by atoms with Gasteiger partial charge in [0, 0.05) is 62.6 Å². The molecule has 4 heterocycles. The van der Waals surface area contributed by atoms with Crippen molar-refractivity contribution in [2.24, 2.45) is 7.05 Å². The zero-order valence-electron chi connectivity index (χ0n) is 22.3. The summed E-state index contributed by atoms with van der Waals surface area (Å²) in [6.07, 6.45) is 9.47. The summed E-state index contributed by atoms with van der Waals surface area (Å²) in [4.78, 5) is 9.51. The lowest BCUT2D eigenvalue weighted by molar-refractivity contribution is 0.183. The molecule has 11 nitrogen and oxygen atoms in total. The first-order valence-corrected chi connectivity index (χ1v) is 13.0. The van der Waals surface area contributed by atoms with Crippen LogP contribution in [-0.2, 0) is 42.5 Å². The molecule has 0 spiro atoms. The lowest BCUT2D eigenvalue weighted by Crippen LogP contribution is -2.09. The molecule has 0 saturated heterocycles. The molecule has 0 radical (unpaired) electrons. The van der Waals surface area contributed by atoms with Gasteiger partial charge in [-0.3, -0.25) is 14.0 Å². The molecule has 1 aromatic carbocycles. The Morgan fingerprint density at radius 3 is 2.44 bits per heavy atom. The molecule has 0 bridgehead atoms. The van der Waals surface area contributed by atoms with Crippen molar-refractivity contribution in [2.75, 3.05) is 32.8 Å². The van der Waals surface area contributed by atoms with E-state index in [1.165, 1.54) is 0 Å². The van der Waals surface area contributed by atoms with E-state index in [-0.39, 0.29) is 0 Å². The fourth-order valence-electron chi connectivity index (χ4n) is 4.95. The zero-order chi connectivity index (χ0) is 26.8. The SMILES string of the molecule is COCCn1cc(-c2ccc(-c3c4c(nn3C)CCc3cnc(Nc5ccn(CCOC)n5)nc3-4)cc2)cn1. The van der Waals surface area contributed by atoms with Crippen LogP contribution in [0.15, 0.2) is 55.1 Å². The van der Waals surface area contributed by atoms with Crippen LogP contribution in [0.2, 0.25) is 0 Å². The average molecular weight is 526 g/mol. The van der Waals surface area contributed by atoms with Crippen molar-refractivity contribution in [1.29, 1.82) is 0 Å². The van der Waals surface area contributed by atoms with Gasteiger partial charge in [-0.2, -0.15) is 15.3 Å². The van der Waals surface area contributed by atoms with Gasteiger partial charge >= 0.3 is 0 Å². The van der Waals surface area contributed by atoms with E-state index in [4.69, 9.17) is 19.6 Å². The normalized spacial score (nSPS) is 12.4. The predicted molar refractivity (Wildman–Crippen MR) is 148 cm³/mol. The maximum Gasteiger partial charge on any atom is 0.228 e. The smallest absolute Gasteiger partial charge is 0.228 e. The van der Waals surface area contributed by atoms with Gasteiger partial charge in [-0.1, -0.05) is 24.3 Å². The van der Waals surface area contributed by atoms with E-state index in [2.05, 4.69) is 44.8 Å². The minimum atomic E-state index is 0.509. The summed E-state index contributed by atoms with van der Waals surface area (Å²) in [5, 5.41) is 17.1. The fraction of sp³-hybridized carbons (Fsp3) is 0.321. The molecule has 200 valence electrons. The van der Waals surface area contributed by atoms with Crippen molar-refractivity contribution >= 4 is 11.8 Å². The van der Waals surface area contributed by atoms with E-state index in [1.807, 2.05) is 51.9 Å². The third-order valence-corrected chi connectivity index (χ3v) is 6.91. The molecule has 4 aromatic heterocycles. The lowest BCUT2D eigenvalue weighted by atomic mass is 9.91. The average Bonchev–Trinajstić information content (AvgIpc) is 3.69. The molecule has 5 aromatic rings. The first kappa shape index (κ1) is 25.0. The second-order valence-electron chi connectivity index (χ2n) is 9.51. The van der Waals surface area contributed by atoms with Crippen LogP contribution in [0.4, 0.5) is 11.8 Å². The number of ether oxygens (including phenoxy) is 2. The van der Waals surface area contributed by atoms with Crippen LogP contribution in [0.1, 0.15) is 11.3 Å². The Kier molecular flexibility index (Phi) is 6.91. The number of aryl methyl sites for hydroxylation is 3. The summed E-state index contributed by atoms with van der Waals surface area (Å²) in [6.45, 7) is 2.64. The quantitative estimate of drug-likeness (QED) is 0.294. The first-order chi connectivity index (χ1) is 19.1. The minimum Gasteiger partial charge on any atom is -0.383 e. The summed E-state index contributed by atoms with van der Waals surface area (Å²) in [7, 11) is 5.37. The Hall–Kier alpha value is -4.35. The van der Waals surface area contributed by atoms with Gasteiger partial charge < -0.3 is 14.8 Å². The molecule has 0 saturated carbocycles. The third-order valence-electron chi connectivity index (χ3n) is 6.91. The Bertz CT molecular complexity index is 1580. The number of hydrogen-bond donors (Lipinski definition) is 1. The Morgan fingerprint density at radius 2 is 1.64 bits per heavy atom. The maximum absolute atomic E-state index is 5.16. The molecular weight excluding hydrogens is 494 g/mol. The number of aromatic nitrogens is 8. The lowest BCUT2D eigenvalue weighted by Gasteiger charge is -2.17. The van der Waals surface area contributed by atoms with Gasteiger partial charge in [-0.05, 0) is 24.0 Å². The molecule has 0 fully saturated rings. The fourth-order valence-corrected chi connectivity index (χ4v) is 4.95. The Labute approximate surface area is 226 Å². The number of nitrogens with zero attached hydrogens (tertiary/aromatic N) is 8. The largest absolute Gasteiger partial charge is 0.383 e. The molecule has 1 aliphatic rings. The van der Waals surface area contributed by atoms with E-state index in [1.54, 1.807) is 14.2 Å². The highest BCUT2D eigenvalue weighted by Gasteiger charge is 2.27. The van der Waals surface area contributed by atoms with Gasteiger partial charge in [0.05, 0.1) is 49.6 Å². The van der Waals surface area contributed by atoms with Gasteiger partial charge in [0.1, 0.15) is 0 Å². The summed E-state index contributed by atoms with van der Waals surface area (Å²) in [5.41, 5.74) is 8.46. The second kappa shape index (κ2) is 10.8. The highest BCUT2D eigenvalue weighted by Crippen LogP contribution is 2.40. The topological polar surface area (TPSA) is 110 Å². The van der Waals surface area contributed by atoms with E-state index < -0.39 is 0 Å². The number of anilines is 2. The van der Waals surface area contributed by atoms with Crippen LogP contribution < -0.4 is 5.32 Å². The Balaban J connectivity index is 1.29. The van der Waals surface area contributed by atoms with Crippen molar-refractivity contribution in [3.05, 3.63) is 66.4 Å². The van der Waals surface area contributed by atoms with Crippen molar-refractivity contribution in [1.82, 2.24) is 39.3 Å². The maximum atomic E-state index is 5.16. The van der Waals surface area contributed by atoms with Crippen LogP contribution >= 0.6 is 0 Å².